The SMILES string of the molecule is C=CS(=O)(=O)c1ccccc1Oc1n(-c2c(C(C)C)cccc2C(C)C)cc[n+]1-c1c(C(C)C)cccc1C(C)C.[Cl-]. The standard InChI is InChI=1S/C35H43N2O3S.ClH/c1-10-41(38,39)32-20-12-11-19-31(32)40-35-36(33-27(23(2)3)15-13-16-28(33)24(4)5)21-22-37(35)34-29(25(6)7)17-14-18-30(34)26(8)9;/h10-26H,1H2,2-9H3;1H/q+1;/p-1. The van der Waals surface area contributed by atoms with E-state index in [2.05, 4.69) is 108 Å². The van der Waals surface area contributed by atoms with E-state index >= 15 is 0 Å². The molecule has 0 bridgehead atoms. The molecule has 0 unspecified atom stereocenters. The van der Waals surface area contributed by atoms with Gasteiger partial charge in [-0.15, -0.1) is 0 Å². The first-order valence-corrected chi connectivity index (χ1v) is 16.0. The molecule has 0 amide bonds. The molecule has 0 aliphatic rings. The fraction of sp³-hybridized carbons (Fsp3) is 0.343. The molecular formula is C35H43ClN2O3S. The summed E-state index contributed by atoms with van der Waals surface area (Å²) in [5.41, 5.74) is 6.88. The molecule has 0 saturated carbocycles. The minimum absolute atomic E-state index is 0. The molecule has 0 spiro atoms. The molecule has 42 heavy (non-hydrogen) atoms. The van der Waals surface area contributed by atoms with Crippen LogP contribution in [0.1, 0.15) is 101 Å². The highest BCUT2D eigenvalue weighted by Crippen LogP contribution is 2.37. The Bertz CT molecular complexity index is 1530. The smallest absolute Gasteiger partial charge is 0.472 e. The molecule has 0 radical (unpaired) electrons. The molecule has 5 nitrogen and oxygen atoms in total. The third-order valence-corrected chi connectivity index (χ3v) is 8.91. The maximum Gasteiger partial charge on any atom is 0.472 e. The zero-order valence-electron chi connectivity index (χ0n) is 25.9. The minimum Gasteiger partial charge on any atom is -1.00 e. The third-order valence-electron chi connectivity index (χ3n) is 7.52. The fourth-order valence-electron chi connectivity index (χ4n) is 5.35. The molecule has 0 fully saturated rings. The summed E-state index contributed by atoms with van der Waals surface area (Å²) in [5, 5.41) is 0.970. The Labute approximate surface area is 258 Å². The summed E-state index contributed by atoms with van der Waals surface area (Å²) in [6.07, 6.45) is 4.07. The fourth-order valence-corrected chi connectivity index (χ4v) is 6.19. The van der Waals surface area contributed by atoms with Crippen LogP contribution in [0.2, 0.25) is 0 Å². The van der Waals surface area contributed by atoms with E-state index in [9.17, 15) is 8.42 Å². The van der Waals surface area contributed by atoms with Crippen molar-refractivity contribution in [3.05, 3.63) is 107 Å². The third kappa shape index (κ3) is 6.35. The van der Waals surface area contributed by atoms with Crippen LogP contribution in [-0.2, 0) is 9.84 Å². The highest BCUT2D eigenvalue weighted by molar-refractivity contribution is 7.94. The average molecular weight is 607 g/mol. The number of rotatable bonds is 10. The monoisotopic (exact) mass is 606 g/mol. The molecule has 4 aromatic rings. The van der Waals surface area contributed by atoms with Crippen LogP contribution in [0.4, 0.5) is 0 Å². The lowest BCUT2D eigenvalue weighted by Crippen LogP contribution is -3.00. The van der Waals surface area contributed by atoms with Crippen molar-refractivity contribution in [2.45, 2.75) is 84.0 Å². The lowest BCUT2D eigenvalue weighted by Gasteiger charge is -2.19. The van der Waals surface area contributed by atoms with Gasteiger partial charge in [0.05, 0.1) is 0 Å². The molecule has 1 aromatic heterocycles. The molecule has 0 aliphatic heterocycles. The van der Waals surface area contributed by atoms with Crippen LogP contribution >= 0.6 is 0 Å². The Balaban J connectivity index is 0.00000484. The van der Waals surface area contributed by atoms with Crippen LogP contribution in [0.5, 0.6) is 11.8 Å². The first-order valence-electron chi connectivity index (χ1n) is 14.4. The quantitative estimate of drug-likeness (QED) is 0.209. The van der Waals surface area contributed by atoms with E-state index in [0.717, 1.165) is 16.8 Å². The molecule has 7 heteroatoms. The van der Waals surface area contributed by atoms with Gasteiger partial charge in [-0.25, -0.2) is 8.42 Å². The van der Waals surface area contributed by atoms with Crippen LogP contribution in [0.25, 0.3) is 11.4 Å². The van der Waals surface area contributed by atoms with Gasteiger partial charge >= 0.3 is 6.01 Å². The Hall–Kier alpha value is -3.35. The van der Waals surface area contributed by atoms with Crippen LogP contribution in [0.15, 0.2) is 89.9 Å². The maximum absolute atomic E-state index is 13.0. The van der Waals surface area contributed by atoms with E-state index < -0.39 is 9.84 Å². The van der Waals surface area contributed by atoms with Crippen molar-refractivity contribution in [3.63, 3.8) is 0 Å². The topological polar surface area (TPSA) is 52.2 Å². The van der Waals surface area contributed by atoms with Gasteiger partial charge in [0, 0.05) is 27.7 Å². The van der Waals surface area contributed by atoms with E-state index in [-0.39, 0.29) is 46.7 Å². The average Bonchev–Trinajstić information content (AvgIpc) is 3.34. The number of aromatic nitrogens is 2. The molecule has 0 N–H and O–H groups in total. The zero-order valence-corrected chi connectivity index (χ0v) is 27.5. The van der Waals surface area contributed by atoms with Crippen molar-refractivity contribution in [1.82, 2.24) is 4.57 Å². The highest BCUT2D eigenvalue weighted by atomic mass is 35.5. The van der Waals surface area contributed by atoms with Crippen LogP contribution < -0.4 is 21.7 Å². The maximum atomic E-state index is 13.0. The lowest BCUT2D eigenvalue weighted by molar-refractivity contribution is -0.602. The molecule has 0 saturated heterocycles. The number of ether oxygens (including phenoxy) is 1. The Morgan fingerprint density at radius 1 is 0.738 bits per heavy atom. The van der Waals surface area contributed by atoms with Gasteiger partial charge < -0.3 is 17.1 Å². The highest BCUT2D eigenvalue weighted by Gasteiger charge is 2.32. The van der Waals surface area contributed by atoms with Crippen molar-refractivity contribution in [1.29, 1.82) is 0 Å². The van der Waals surface area contributed by atoms with Crippen molar-refractivity contribution in [2.75, 3.05) is 0 Å². The predicted octanol–water partition coefficient (Wildman–Crippen LogP) is 5.96. The van der Waals surface area contributed by atoms with Gasteiger partial charge in [0.1, 0.15) is 28.7 Å². The Kier molecular flexibility index (Phi) is 10.5. The normalized spacial score (nSPS) is 11.8. The van der Waals surface area contributed by atoms with Gasteiger partial charge in [0.15, 0.2) is 5.75 Å². The van der Waals surface area contributed by atoms with Crippen LogP contribution in [0, 0.1) is 0 Å². The van der Waals surface area contributed by atoms with Gasteiger partial charge in [-0.05, 0) is 35.8 Å². The number of hydrogen-bond acceptors (Lipinski definition) is 3. The summed E-state index contributed by atoms with van der Waals surface area (Å²) >= 11 is 0. The molecule has 1 heterocycles. The summed E-state index contributed by atoms with van der Waals surface area (Å²) in [6, 6.07) is 20.2. The zero-order chi connectivity index (χ0) is 30.1. The molecular weight excluding hydrogens is 564 g/mol. The first-order chi connectivity index (χ1) is 19.4. The van der Waals surface area contributed by atoms with E-state index in [0.29, 0.717) is 6.01 Å². The largest absolute Gasteiger partial charge is 1.00 e. The summed E-state index contributed by atoms with van der Waals surface area (Å²) in [7, 11) is -3.75. The van der Waals surface area contributed by atoms with E-state index in [1.165, 1.54) is 22.3 Å². The molecule has 0 atom stereocenters. The summed E-state index contributed by atoms with van der Waals surface area (Å²) in [6.45, 7) is 21.1. The van der Waals surface area contributed by atoms with Crippen LogP contribution in [0.3, 0.4) is 0 Å². The van der Waals surface area contributed by atoms with Crippen molar-refractivity contribution in [3.8, 4) is 23.1 Å². The second kappa shape index (κ2) is 13.3. The van der Waals surface area contributed by atoms with Gasteiger partial charge in [-0.1, -0.05) is 110 Å². The van der Waals surface area contributed by atoms with Crippen molar-refractivity contribution < 1.29 is 30.1 Å². The summed E-state index contributed by atoms with van der Waals surface area (Å²) in [5.74, 6) is 1.29. The number of hydrogen-bond donors (Lipinski definition) is 0. The first kappa shape index (κ1) is 33.2. The van der Waals surface area contributed by atoms with E-state index in [1.807, 2.05) is 12.4 Å². The number of benzene rings is 3. The Morgan fingerprint density at radius 3 is 1.69 bits per heavy atom. The predicted molar refractivity (Wildman–Crippen MR) is 168 cm³/mol. The molecule has 224 valence electrons. The second-order valence-corrected chi connectivity index (χ2v) is 13.6. The molecule has 3 aromatic carbocycles. The van der Waals surface area contributed by atoms with Gasteiger partial charge in [0.25, 0.3) is 0 Å². The van der Waals surface area contributed by atoms with Crippen molar-refractivity contribution in [2.24, 2.45) is 0 Å². The number of sulfone groups is 1. The number of imidazole rings is 1. The van der Waals surface area contributed by atoms with Crippen LogP contribution in [-0.4, -0.2) is 13.0 Å². The number of halogens is 1. The second-order valence-electron chi connectivity index (χ2n) is 11.8. The lowest BCUT2D eigenvalue weighted by atomic mass is 9.92. The molecule has 4 rings (SSSR count). The summed E-state index contributed by atoms with van der Waals surface area (Å²) < 4.78 is 37.0. The van der Waals surface area contributed by atoms with E-state index in [1.54, 1.807) is 24.3 Å². The van der Waals surface area contributed by atoms with E-state index in [4.69, 9.17) is 4.74 Å². The molecule has 0 aliphatic carbocycles. The number of para-hydroxylation sites is 3. The Morgan fingerprint density at radius 2 is 1.21 bits per heavy atom. The van der Waals surface area contributed by atoms with Crippen molar-refractivity contribution >= 4 is 9.84 Å². The summed E-state index contributed by atoms with van der Waals surface area (Å²) in [4.78, 5) is 0.0803. The number of nitrogens with zero attached hydrogens (tertiary/aromatic N) is 2. The van der Waals surface area contributed by atoms with Gasteiger partial charge in [-0.3, -0.25) is 0 Å². The van der Waals surface area contributed by atoms with Gasteiger partial charge in [0.2, 0.25) is 9.84 Å². The van der Waals surface area contributed by atoms with Gasteiger partial charge in [-0.2, -0.15) is 9.13 Å². The minimum atomic E-state index is -3.75.